The van der Waals surface area contributed by atoms with E-state index in [1.807, 2.05) is 0 Å². The molecule has 14 heavy (non-hydrogen) atoms. The molecule has 5 nitrogen and oxygen atoms in total. The number of ether oxygens (including phenoxy) is 2. The summed E-state index contributed by atoms with van der Waals surface area (Å²) >= 11 is 0. The van der Waals surface area contributed by atoms with Gasteiger partial charge in [0.2, 0.25) is 0 Å². The van der Waals surface area contributed by atoms with Crippen LogP contribution in [0, 0.1) is 0 Å². The van der Waals surface area contributed by atoms with Crippen molar-refractivity contribution in [3.8, 4) is 0 Å². The van der Waals surface area contributed by atoms with Crippen molar-refractivity contribution in [3.63, 3.8) is 0 Å². The zero-order valence-electron chi connectivity index (χ0n) is 8.49. The highest BCUT2D eigenvalue weighted by molar-refractivity contribution is 5.81. The van der Waals surface area contributed by atoms with Gasteiger partial charge in [-0.3, -0.25) is 9.69 Å². The van der Waals surface area contributed by atoms with Crippen molar-refractivity contribution < 1.29 is 19.1 Å². The molecule has 0 heterocycles. The fraction of sp³-hybridized carbons (Fsp3) is 0.556. The minimum atomic E-state index is -0.520. The highest BCUT2D eigenvalue weighted by atomic mass is 16.6. The number of likely N-dealkylation sites (N-methyl/N-ethyl adjacent to an activating group) is 1. The maximum Gasteiger partial charge on any atom is 0.330 e. The Balaban J connectivity index is 3.40. The van der Waals surface area contributed by atoms with E-state index in [9.17, 15) is 9.59 Å². The third kappa shape index (κ3) is 7.30. The molecule has 0 atom stereocenters. The molecule has 0 rings (SSSR count). The molecule has 0 bridgehead atoms. The maximum absolute atomic E-state index is 10.9. The lowest BCUT2D eigenvalue weighted by Gasteiger charge is -2.09. The number of esters is 2. The number of carbonyl (C=O) groups excluding carboxylic acids is 2. The Labute approximate surface area is 83.3 Å². The lowest BCUT2D eigenvalue weighted by atomic mass is 10.6. The second-order valence-corrected chi connectivity index (χ2v) is 2.83. The van der Waals surface area contributed by atoms with Crippen molar-refractivity contribution in [1.29, 1.82) is 0 Å². The second-order valence-electron chi connectivity index (χ2n) is 2.83. The zero-order chi connectivity index (χ0) is 11.0. The number of carbonyl (C=O) groups is 2. The fourth-order valence-electron chi connectivity index (χ4n) is 0.661. The molecule has 0 radical (unpaired) electrons. The molecule has 80 valence electrons. The Morgan fingerprint density at radius 2 is 1.86 bits per heavy atom. The van der Waals surface area contributed by atoms with Crippen molar-refractivity contribution in [2.75, 3.05) is 33.9 Å². The van der Waals surface area contributed by atoms with Gasteiger partial charge in [0.15, 0.2) is 0 Å². The van der Waals surface area contributed by atoms with Crippen LogP contribution in [0.2, 0.25) is 0 Å². The van der Waals surface area contributed by atoms with Crippen molar-refractivity contribution in [2.45, 2.75) is 0 Å². The molecule has 0 saturated heterocycles. The predicted octanol–water partition coefficient (Wildman–Crippen LogP) is -0.180. The molecule has 0 amide bonds. The zero-order valence-corrected chi connectivity index (χ0v) is 8.49. The summed E-state index contributed by atoms with van der Waals surface area (Å²) in [6, 6.07) is 0. The minimum Gasteiger partial charge on any atom is -0.461 e. The van der Waals surface area contributed by atoms with E-state index < -0.39 is 5.97 Å². The van der Waals surface area contributed by atoms with E-state index in [-0.39, 0.29) is 25.7 Å². The van der Waals surface area contributed by atoms with Gasteiger partial charge in [-0.25, -0.2) is 4.79 Å². The molecule has 0 aliphatic heterocycles. The third-order valence-electron chi connectivity index (χ3n) is 1.20. The molecule has 0 unspecified atom stereocenters. The van der Waals surface area contributed by atoms with Crippen LogP contribution in [0.15, 0.2) is 12.7 Å². The highest BCUT2D eigenvalue weighted by Gasteiger charge is 2.04. The SMILES string of the molecule is C=CC(=O)OCCOC(=O)CN(C)C. The third-order valence-corrected chi connectivity index (χ3v) is 1.20. The Kier molecular flexibility index (Phi) is 6.39. The normalized spacial score (nSPS) is 9.64. The van der Waals surface area contributed by atoms with Crippen molar-refractivity contribution in [2.24, 2.45) is 0 Å². The Morgan fingerprint density at radius 1 is 1.29 bits per heavy atom. The van der Waals surface area contributed by atoms with Gasteiger partial charge in [0.1, 0.15) is 13.2 Å². The quantitative estimate of drug-likeness (QED) is 0.339. The Morgan fingerprint density at radius 3 is 2.36 bits per heavy atom. The molecule has 0 N–H and O–H groups in total. The van der Waals surface area contributed by atoms with Gasteiger partial charge < -0.3 is 9.47 Å². The highest BCUT2D eigenvalue weighted by Crippen LogP contribution is 1.84. The van der Waals surface area contributed by atoms with Gasteiger partial charge in [-0.15, -0.1) is 0 Å². The van der Waals surface area contributed by atoms with Crippen molar-refractivity contribution in [3.05, 3.63) is 12.7 Å². The van der Waals surface area contributed by atoms with E-state index in [1.165, 1.54) is 0 Å². The second kappa shape index (κ2) is 7.08. The average molecular weight is 201 g/mol. The van der Waals surface area contributed by atoms with Crippen LogP contribution in [0.3, 0.4) is 0 Å². The number of hydrogen-bond donors (Lipinski definition) is 0. The monoisotopic (exact) mass is 201 g/mol. The van der Waals surface area contributed by atoms with Crippen LogP contribution in [-0.2, 0) is 19.1 Å². The lowest BCUT2D eigenvalue weighted by molar-refractivity contribution is -0.150. The van der Waals surface area contributed by atoms with Crippen LogP contribution in [-0.4, -0.2) is 50.7 Å². The maximum atomic E-state index is 10.9. The summed E-state index contributed by atoms with van der Waals surface area (Å²) in [5, 5.41) is 0. The number of hydrogen-bond acceptors (Lipinski definition) is 5. The molecule has 5 heteroatoms. The summed E-state index contributed by atoms with van der Waals surface area (Å²) in [5.74, 6) is -0.863. The van der Waals surface area contributed by atoms with Gasteiger partial charge in [-0.05, 0) is 14.1 Å². The standard InChI is InChI=1S/C9H15NO4/c1-4-8(11)13-5-6-14-9(12)7-10(2)3/h4H,1,5-7H2,2-3H3. The molecular weight excluding hydrogens is 186 g/mol. The van der Waals surface area contributed by atoms with Crippen LogP contribution < -0.4 is 0 Å². The van der Waals surface area contributed by atoms with E-state index >= 15 is 0 Å². The van der Waals surface area contributed by atoms with E-state index in [4.69, 9.17) is 4.74 Å². The van der Waals surface area contributed by atoms with Crippen LogP contribution in [0.25, 0.3) is 0 Å². The summed E-state index contributed by atoms with van der Waals surface area (Å²) in [6.07, 6.45) is 1.06. The van der Waals surface area contributed by atoms with E-state index in [2.05, 4.69) is 11.3 Å². The summed E-state index contributed by atoms with van der Waals surface area (Å²) in [5.41, 5.74) is 0. The van der Waals surface area contributed by atoms with E-state index in [0.717, 1.165) is 6.08 Å². The molecule has 0 aromatic heterocycles. The fourth-order valence-corrected chi connectivity index (χ4v) is 0.661. The first-order valence-electron chi connectivity index (χ1n) is 4.15. The summed E-state index contributed by atoms with van der Waals surface area (Å²) in [4.78, 5) is 23.2. The summed E-state index contributed by atoms with van der Waals surface area (Å²) in [7, 11) is 3.53. The Bertz CT molecular complexity index is 213. The van der Waals surface area contributed by atoms with Crippen molar-refractivity contribution >= 4 is 11.9 Å². The largest absolute Gasteiger partial charge is 0.461 e. The lowest BCUT2D eigenvalue weighted by Crippen LogP contribution is -2.24. The molecule has 0 aromatic rings. The predicted molar refractivity (Wildman–Crippen MR) is 50.7 cm³/mol. The van der Waals surface area contributed by atoms with Crippen LogP contribution in [0.5, 0.6) is 0 Å². The van der Waals surface area contributed by atoms with E-state index in [1.54, 1.807) is 19.0 Å². The topological polar surface area (TPSA) is 55.8 Å². The summed E-state index contributed by atoms with van der Waals surface area (Å²) < 4.78 is 9.35. The van der Waals surface area contributed by atoms with Gasteiger partial charge in [0.05, 0.1) is 6.54 Å². The van der Waals surface area contributed by atoms with Gasteiger partial charge in [-0.1, -0.05) is 6.58 Å². The van der Waals surface area contributed by atoms with Crippen LogP contribution in [0.4, 0.5) is 0 Å². The molecular formula is C9H15NO4. The molecule has 0 saturated carbocycles. The van der Waals surface area contributed by atoms with Gasteiger partial charge in [0, 0.05) is 6.08 Å². The first kappa shape index (κ1) is 12.6. The molecule has 0 aliphatic rings. The molecule has 0 spiro atoms. The number of nitrogens with zero attached hydrogens (tertiary/aromatic N) is 1. The minimum absolute atomic E-state index is 0.0595. The van der Waals surface area contributed by atoms with Crippen molar-refractivity contribution in [1.82, 2.24) is 4.90 Å². The first-order valence-corrected chi connectivity index (χ1v) is 4.15. The molecule has 0 aliphatic carbocycles. The molecule has 0 fully saturated rings. The van der Waals surface area contributed by atoms with Gasteiger partial charge >= 0.3 is 11.9 Å². The Hall–Kier alpha value is -1.36. The van der Waals surface area contributed by atoms with Crippen LogP contribution in [0.1, 0.15) is 0 Å². The summed E-state index contributed by atoms with van der Waals surface area (Å²) in [6.45, 7) is 3.58. The smallest absolute Gasteiger partial charge is 0.330 e. The average Bonchev–Trinajstić information content (AvgIpc) is 2.10. The van der Waals surface area contributed by atoms with Gasteiger partial charge in [-0.2, -0.15) is 0 Å². The van der Waals surface area contributed by atoms with Gasteiger partial charge in [0.25, 0.3) is 0 Å². The first-order chi connectivity index (χ1) is 6.56. The molecule has 0 aromatic carbocycles. The van der Waals surface area contributed by atoms with Crippen LogP contribution >= 0.6 is 0 Å². The van der Waals surface area contributed by atoms with E-state index in [0.29, 0.717) is 0 Å². The number of rotatable bonds is 6.